The molecule has 0 saturated heterocycles. The van der Waals surface area contributed by atoms with Crippen molar-refractivity contribution in [2.24, 2.45) is 0 Å². The smallest absolute Gasteiger partial charge is 0.142 e. The van der Waals surface area contributed by atoms with Gasteiger partial charge < -0.3 is 9.46 Å². The van der Waals surface area contributed by atoms with Crippen LogP contribution in [0.15, 0.2) is 24.3 Å². The average molecular weight is 227 g/mol. The van der Waals surface area contributed by atoms with E-state index in [0.29, 0.717) is 5.75 Å². The fourth-order valence-electron chi connectivity index (χ4n) is 1.09. The summed E-state index contributed by atoms with van der Waals surface area (Å²) in [4.78, 5) is 0. The lowest BCUT2D eigenvalue weighted by atomic mass is 10.3. The zero-order valence-electron chi connectivity index (χ0n) is 9.32. The molecule has 2 atom stereocenters. The minimum Gasteiger partial charge on any atom is -0.495 e. The predicted molar refractivity (Wildman–Crippen MR) is 64.5 cm³/mol. The van der Waals surface area contributed by atoms with Crippen molar-refractivity contribution in [3.05, 3.63) is 24.3 Å². The van der Waals surface area contributed by atoms with Gasteiger partial charge in [0.05, 0.1) is 18.0 Å². The standard InChI is InChI=1S/C11H17NO2S/c1-4-9(2)15(13)12-10-7-5-6-8-11(10)14-3/h5-9,12H,4H2,1-3H3/t9-,15+/m1/s1. The van der Waals surface area contributed by atoms with E-state index in [2.05, 4.69) is 4.72 Å². The molecule has 1 N–H and O–H groups in total. The molecule has 0 unspecified atom stereocenters. The van der Waals surface area contributed by atoms with Gasteiger partial charge in [0.15, 0.2) is 0 Å². The van der Waals surface area contributed by atoms with Crippen LogP contribution in [-0.4, -0.2) is 16.6 Å². The van der Waals surface area contributed by atoms with Crippen LogP contribution in [0.5, 0.6) is 5.75 Å². The van der Waals surface area contributed by atoms with E-state index in [-0.39, 0.29) is 5.25 Å². The van der Waals surface area contributed by atoms with Gasteiger partial charge in [-0.05, 0) is 25.5 Å². The summed E-state index contributed by atoms with van der Waals surface area (Å²) in [6.07, 6.45) is 0.884. The highest BCUT2D eigenvalue weighted by atomic mass is 32.2. The molecule has 4 heteroatoms. The summed E-state index contributed by atoms with van der Waals surface area (Å²) in [6.45, 7) is 3.98. The molecule has 84 valence electrons. The molecule has 15 heavy (non-hydrogen) atoms. The minimum atomic E-state index is -1.06. The highest BCUT2D eigenvalue weighted by molar-refractivity contribution is 7.87. The number of rotatable bonds is 5. The van der Waals surface area contributed by atoms with Gasteiger partial charge in [0.2, 0.25) is 0 Å². The van der Waals surface area contributed by atoms with Crippen LogP contribution in [0.1, 0.15) is 20.3 Å². The topological polar surface area (TPSA) is 38.3 Å². The van der Waals surface area contributed by atoms with Crippen molar-refractivity contribution in [2.45, 2.75) is 25.5 Å². The first kappa shape index (κ1) is 12.0. The molecular weight excluding hydrogens is 210 g/mol. The Kier molecular flexibility index (Phi) is 4.62. The Labute approximate surface area is 93.4 Å². The highest BCUT2D eigenvalue weighted by Gasteiger charge is 2.10. The summed E-state index contributed by atoms with van der Waals surface area (Å²) in [5.74, 6) is 0.717. The molecule has 1 rings (SSSR count). The molecule has 0 saturated carbocycles. The molecule has 3 nitrogen and oxygen atoms in total. The van der Waals surface area contributed by atoms with Crippen molar-refractivity contribution in [2.75, 3.05) is 11.8 Å². The van der Waals surface area contributed by atoms with Gasteiger partial charge in [-0.3, -0.25) is 0 Å². The zero-order valence-corrected chi connectivity index (χ0v) is 10.1. The molecule has 0 amide bonds. The van der Waals surface area contributed by atoms with Crippen molar-refractivity contribution in [1.82, 2.24) is 0 Å². The molecule has 0 aliphatic heterocycles. The van der Waals surface area contributed by atoms with E-state index >= 15 is 0 Å². The predicted octanol–water partition coefficient (Wildman–Crippen LogP) is 2.57. The molecule has 0 fully saturated rings. The molecule has 0 spiro atoms. The third-order valence-electron chi connectivity index (χ3n) is 2.26. The summed E-state index contributed by atoms with van der Waals surface area (Å²) >= 11 is 0. The molecule has 0 aromatic heterocycles. The van der Waals surface area contributed by atoms with Gasteiger partial charge in [-0.1, -0.05) is 19.1 Å². The van der Waals surface area contributed by atoms with Gasteiger partial charge in [-0.15, -0.1) is 0 Å². The monoisotopic (exact) mass is 227 g/mol. The van der Waals surface area contributed by atoms with Crippen LogP contribution in [0, 0.1) is 0 Å². The van der Waals surface area contributed by atoms with Gasteiger partial charge in [0.1, 0.15) is 16.7 Å². The van der Waals surface area contributed by atoms with Crippen molar-refractivity contribution in [3.8, 4) is 5.75 Å². The van der Waals surface area contributed by atoms with Crippen LogP contribution in [0.25, 0.3) is 0 Å². The van der Waals surface area contributed by atoms with E-state index in [1.807, 2.05) is 38.1 Å². The van der Waals surface area contributed by atoms with Crippen molar-refractivity contribution < 1.29 is 8.95 Å². The van der Waals surface area contributed by atoms with Crippen LogP contribution < -0.4 is 9.46 Å². The SMILES string of the molecule is CC[C@@H](C)[S@](=O)Nc1ccccc1OC. The second-order valence-corrected chi connectivity index (χ2v) is 4.92. The Hall–Kier alpha value is -1.03. The second-order valence-electron chi connectivity index (χ2n) is 3.32. The van der Waals surface area contributed by atoms with Crippen molar-refractivity contribution in [3.63, 3.8) is 0 Å². The molecule has 0 heterocycles. The average Bonchev–Trinajstić information content (AvgIpc) is 2.28. The quantitative estimate of drug-likeness (QED) is 0.839. The first-order valence-electron chi connectivity index (χ1n) is 4.99. The van der Waals surface area contributed by atoms with Crippen molar-refractivity contribution >= 4 is 16.7 Å². The van der Waals surface area contributed by atoms with Gasteiger partial charge in [-0.25, -0.2) is 4.21 Å². The third kappa shape index (κ3) is 3.23. The van der Waals surface area contributed by atoms with E-state index in [1.165, 1.54) is 0 Å². The lowest BCUT2D eigenvalue weighted by molar-refractivity contribution is 0.417. The van der Waals surface area contributed by atoms with Gasteiger partial charge >= 0.3 is 0 Å². The van der Waals surface area contributed by atoms with Crippen LogP contribution in [0.4, 0.5) is 5.69 Å². The van der Waals surface area contributed by atoms with E-state index in [4.69, 9.17) is 4.74 Å². The van der Waals surface area contributed by atoms with Crippen LogP contribution in [0.2, 0.25) is 0 Å². The Morgan fingerprint density at radius 3 is 2.73 bits per heavy atom. The van der Waals surface area contributed by atoms with Gasteiger partial charge in [-0.2, -0.15) is 0 Å². The van der Waals surface area contributed by atoms with Gasteiger partial charge in [0, 0.05) is 0 Å². The fraction of sp³-hybridized carbons (Fsp3) is 0.455. The lowest BCUT2D eigenvalue weighted by Crippen LogP contribution is -2.17. The van der Waals surface area contributed by atoms with Crippen molar-refractivity contribution in [1.29, 1.82) is 0 Å². The molecular formula is C11H17NO2S. The van der Waals surface area contributed by atoms with E-state index in [0.717, 1.165) is 12.1 Å². The normalized spacial score (nSPS) is 14.3. The van der Waals surface area contributed by atoms with Crippen LogP contribution >= 0.6 is 0 Å². The second kappa shape index (κ2) is 5.75. The Morgan fingerprint density at radius 1 is 1.47 bits per heavy atom. The van der Waals surface area contributed by atoms with E-state index in [1.54, 1.807) is 7.11 Å². The number of ether oxygens (including phenoxy) is 1. The summed E-state index contributed by atoms with van der Waals surface area (Å²) in [6, 6.07) is 7.48. The molecule has 0 aliphatic carbocycles. The molecule has 0 bridgehead atoms. The maximum atomic E-state index is 11.8. The summed E-state index contributed by atoms with van der Waals surface area (Å²) < 4.78 is 19.9. The molecule has 0 aliphatic rings. The Bertz CT molecular complexity index is 341. The highest BCUT2D eigenvalue weighted by Crippen LogP contribution is 2.24. The molecule has 1 aromatic rings. The Balaban J connectivity index is 2.76. The largest absolute Gasteiger partial charge is 0.495 e. The van der Waals surface area contributed by atoms with E-state index < -0.39 is 11.0 Å². The first-order valence-corrected chi connectivity index (χ1v) is 6.20. The Morgan fingerprint density at radius 2 is 2.13 bits per heavy atom. The van der Waals surface area contributed by atoms with E-state index in [9.17, 15) is 4.21 Å². The number of anilines is 1. The summed E-state index contributed by atoms with van der Waals surface area (Å²) in [7, 11) is 0.546. The number of methoxy groups -OCH3 is 1. The minimum absolute atomic E-state index is 0.134. The molecule has 1 aromatic carbocycles. The number of hydrogen-bond donors (Lipinski definition) is 1. The number of para-hydroxylation sites is 2. The van der Waals surface area contributed by atoms with Crippen LogP contribution in [-0.2, 0) is 11.0 Å². The number of benzene rings is 1. The lowest BCUT2D eigenvalue weighted by Gasteiger charge is -2.13. The third-order valence-corrected chi connectivity index (χ3v) is 3.74. The first-order chi connectivity index (χ1) is 7.19. The van der Waals surface area contributed by atoms with Gasteiger partial charge in [0.25, 0.3) is 0 Å². The fourth-order valence-corrected chi connectivity index (χ4v) is 1.98. The number of hydrogen-bond acceptors (Lipinski definition) is 2. The molecule has 0 radical (unpaired) electrons. The maximum Gasteiger partial charge on any atom is 0.142 e. The maximum absolute atomic E-state index is 11.8. The summed E-state index contributed by atoms with van der Waals surface area (Å²) in [5, 5.41) is 0.134. The number of nitrogens with one attached hydrogen (secondary N) is 1. The van der Waals surface area contributed by atoms with Crippen LogP contribution in [0.3, 0.4) is 0 Å². The zero-order chi connectivity index (χ0) is 11.3. The summed E-state index contributed by atoms with van der Waals surface area (Å²) in [5.41, 5.74) is 0.777.